The molecule has 0 atom stereocenters. The van der Waals surface area contributed by atoms with E-state index in [-0.39, 0.29) is 6.42 Å². The fourth-order valence-electron chi connectivity index (χ4n) is 1.56. The lowest BCUT2D eigenvalue weighted by Crippen LogP contribution is -1.92. The fraction of sp³-hybridized carbons (Fsp3) is 0.133. The van der Waals surface area contributed by atoms with Crippen LogP contribution in [-0.2, 0) is 11.2 Å². The zero-order valence-corrected chi connectivity index (χ0v) is 9.64. The van der Waals surface area contributed by atoms with Gasteiger partial charge < -0.3 is 4.74 Å². The predicted octanol–water partition coefficient (Wildman–Crippen LogP) is 3.44. The van der Waals surface area contributed by atoms with Gasteiger partial charge in [0.25, 0.3) is 0 Å². The summed E-state index contributed by atoms with van der Waals surface area (Å²) < 4.78 is 5.74. The van der Waals surface area contributed by atoms with E-state index in [1.807, 2.05) is 61.7 Å². The van der Waals surface area contributed by atoms with Crippen LogP contribution in [-0.4, -0.2) is 6.29 Å². The Bertz CT molecular complexity index is 501. The lowest BCUT2D eigenvalue weighted by molar-refractivity contribution is 0.477. The van der Waals surface area contributed by atoms with Crippen molar-refractivity contribution in [3.63, 3.8) is 0 Å². The Labute approximate surface area is 101 Å². The minimum Gasteiger partial charge on any atom is -0.457 e. The summed E-state index contributed by atoms with van der Waals surface area (Å²) in [4.78, 5) is 10.4. The van der Waals surface area contributed by atoms with Gasteiger partial charge in [0.05, 0.1) is 0 Å². The van der Waals surface area contributed by atoms with Crippen LogP contribution in [0.15, 0.2) is 48.5 Å². The van der Waals surface area contributed by atoms with E-state index >= 15 is 0 Å². The maximum Gasteiger partial charge on any atom is 0.203 e. The standard InChI is InChI=1S/C15H13O2/c1-12-6-8-14(9-7-12)17-15-5-3-2-4-13(15)10-11-16/h2-9H,10H2,1H3. The van der Waals surface area contributed by atoms with E-state index in [2.05, 4.69) is 0 Å². The van der Waals surface area contributed by atoms with Gasteiger partial charge in [0.2, 0.25) is 6.29 Å². The molecular weight excluding hydrogens is 212 g/mol. The number of benzene rings is 2. The molecule has 0 N–H and O–H groups in total. The second-order valence-electron chi connectivity index (χ2n) is 3.84. The van der Waals surface area contributed by atoms with Gasteiger partial charge in [0, 0.05) is 12.0 Å². The first kappa shape index (κ1) is 11.4. The van der Waals surface area contributed by atoms with Crippen molar-refractivity contribution in [2.24, 2.45) is 0 Å². The molecule has 0 saturated carbocycles. The normalized spacial score (nSPS) is 9.94. The van der Waals surface area contributed by atoms with Gasteiger partial charge in [-0.1, -0.05) is 35.9 Å². The highest BCUT2D eigenvalue weighted by molar-refractivity contribution is 5.58. The van der Waals surface area contributed by atoms with Crippen LogP contribution in [0.3, 0.4) is 0 Å². The van der Waals surface area contributed by atoms with Crippen LogP contribution in [0.25, 0.3) is 0 Å². The summed E-state index contributed by atoms with van der Waals surface area (Å²) >= 11 is 0. The maximum atomic E-state index is 10.4. The molecule has 85 valence electrons. The second-order valence-corrected chi connectivity index (χ2v) is 3.84. The van der Waals surface area contributed by atoms with Crippen molar-refractivity contribution in [2.75, 3.05) is 0 Å². The van der Waals surface area contributed by atoms with Crippen LogP contribution in [0.4, 0.5) is 0 Å². The largest absolute Gasteiger partial charge is 0.457 e. The Morgan fingerprint density at radius 2 is 1.76 bits per heavy atom. The number of aryl methyl sites for hydroxylation is 1. The summed E-state index contributed by atoms with van der Waals surface area (Å²) in [5, 5.41) is 0. The zero-order valence-electron chi connectivity index (χ0n) is 9.64. The Morgan fingerprint density at radius 3 is 2.47 bits per heavy atom. The first-order valence-corrected chi connectivity index (χ1v) is 5.47. The number of rotatable bonds is 4. The van der Waals surface area contributed by atoms with Crippen LogP contribution < -0.4 is 4.74 Å². The van der Waals surface area contributed by atoms with Crippen LogP contribution in [0, 0.1) is 6.92 Å². The molecule has 0 heterocycles. The third-order valence-corrected chi connectivity index (χ3v) is 2.48. The number of ether oxygens (including phenoxy) is 1. The highest BCUT2D eigenvalue weighted by Gasteiger charge is 2.03. The topological polar surface area (TPSA) is 26.3 Å². The third-order valence-electron chi connectivity index (χ3n) is 2.48. The molecule has 2 aromatic carbocycles. The van der Waals surface area contributed by atoms with Crippen molar-refractivity contribution in [1.82, 2.24) is 0 Å². The number of carbonyl (C=O) groups excluding carboxylic acids is 1. The molecule has 0 aromatic heterocycles. The molecular formula is C15H13O2. The first-order chi connectivity index (χ1) is 8.29. The maximum absolute atomic E-state index is 10.4. The summed E-state index contributed by atoms with van der Waals surface area (Å²) in [7, 11) is 0. The Kier molecular flexibility index (Phi) is 3.55. The average molecular weight is 225 g/mol. The lowest BCUT2D eigenvalue weighted by atomic mass is 10.1. The molecule has 0 bridgehead atoms. The van der Waals surface area contributed by atoms with E-state index in [0.717, 1.165) is 11.3 Å². The van der Waals surface area contributed by atoms with Crippen molar-refractivity contribution >= 4 is 6.29 Å². The number of para-hydroxylation sites is 1. The lowest BCUT2D eigenvalue weighted by Gasteiger charge is -2.09. The van der Waals surface area contributed by atoms with Gasteiger partial charge in [-0.15, -0.1) is 0 Å². The average Bonchev–Trinajstić information content (AvgIpc) is 2.35. The molecule has 17 heavy (non-hydrogen) atoms. The van der Waals surface area contributed by atoms with E-state index in [1.54, 1.807) is 0 Å². The summed E-state index contributed by atoms with van der Waals surface area (Å²) in [6.45, 7) is 2.03. The van der Waals surface area contributed by atoms with Crippen LogP contribution in [0.5, 0.6) is 11.5 Å². The molecule has 0 unspecified atom stereocenters. The number of hydrogen-bond acceptors (Lipinski definition) is 2. The fourth-order valence-corrected chi connectivity index (χ4v) is 1.56. The number of hydrogen-bond donors (Lipinski definition) is 0. The van der Waals surface area contributed by atoms with E-state index in [1.165, 1.54) is 5.56 Å². The first-order valence-electron chi connectivity index (χ1n) is 5.47. The minimum atomic E-state index is 0.252. The smallest absolute Gasteiger partial charge is 0.203 e. The SMILES string of the molecule is Cc1ccc(Oc2ccccc2C[C]=O)cc1. The van der Waals surface area contributed by atoms with Crippen LogP contribution in [0.2, 0.25) is 0 Å². The van der Waals surface area contributed by atoms with E-state index in [9.17, 15) is 4.79 Å². The quantitative estimate of drug-likeness (QED) is 0.796. The van der Waals surface area contributed by atoms with Gasteiger partial charge >= 0.3 is 0 Å². The van der Waals surface area contributed by atoms with Crippen molar-refractivity contribution in [1.29, 1.82) is 0 Å². The van der Waals surface area contributed by atoms with Gasteiger partial charge in [-0.3, -0.25) is 4.79 Å². The van der Waals surface area contributed by atoms with Gasteiger partial charge in [-0.2, -0.15) is 0 Å². The van der Waals surface area contributed by atoms with E-state index in [4.69, 9.17) is 4.74 Å². The Morgan fingerprint density at radius 1 is 1.06 bits per heavy atom. The molecule has 2 aromatic rings. The molecule has 2 nitrogen and oxygen atoms in total. The molecule has 0 saturated heterocycles. The van der Waals surface area contributed by atoms with Crippen molar-refractivity contribution in [2.45, 2.75) is 13.3 Å². The molecule has 1 radical (unpaired) electrons. The summed E-state index contributed by atoms with van der Waals surface area (Å²) in [5.41, 5.74) is 2.04. The molecule has 0 aliphatic heterocycles. The van der Waals surface area contributed by atoms with E-state index in [0.29, 0.717) is 5.75 Å². The zero-order chi connectivity index (χ0) is 12.1. The second kappa shape index (κ2) is 5.30. The highest BCUT2D eigenvalue weighted by Crippen LogP contribution is 2.25. The summed E-state index contributed by atoms with van der Waals surface area (Å²) in [6.07, 6.45) is 2.14. The van der Waals surface area contributed by atoms with Crippen molar-refractivity contribution in [3.8, 4) is 11.5 Å². The Balaban J connectivity index is 2.23. The molecule has 2 rings (SSSR count). The van der Waals surface area contributed by atoms with E-state index < -0.39 is 0 Å². The van der Waals surface area contributed by atoms with Gasteiger partial charge in [0.1, 0.15) is 11.5 Å². The van der Waals surface area contributed by atoms with Gasteiger partial charge in [0.15, 0.2) is 0 Å². The molecule has 0 aliphatic carbocycles. The molecule has 2 heteroatoms. The molecule has 0 amide bonds. The van der Waals surface area contributed by atoms with Crippen LogP contribution >= 0.6 is 0 Å². The van der Waals surface area contributed by atoms with Crippen molar-refractivity contribution < 1.29 is 9.53 Å². The van der Waals surface area contributed by atoms with Gasteiger partial charge in [-0.05, 0) is 25.1 Å². The van der Waals surface area contributed by atoms with Gasteiger partial charge in [-0.25, -0.2) is 0 Å². The summed E-state index contributed by atoms with van der Waals surface area (Å²) in [5.74, 6) is 1.48. The highest BCUT2D eigenvalue weighted by atomic mass is 16.5. The molecule has 0 fully saturated rings. The third kappa shape index (κ3) is 2.94. The Hall–Kier alpha value is -2.09. The van der Waals surface area contributed by atoms with Crippen LogP contribution in [0.1, 0.15) is 11.1 Å². The monoisotopic (exact) mass is 225 g/mol. The minimum absolute atomic E-state index is 0.252. The molecule has 0 aliphatic rings. The predicted molar refractivity (Wildman–Crippen MR) is 67.1 cm³/mol. The van der Waals surface area contributed by atoms with Crippen molar-refractivity contribution in [3.05, 3.63) is 59.7 Å². The summed E-state index contributed by atoms with van der Waals surface area (Å²) in [6, 6.07) is 15.3. The molecule has 0 spiro atoms.